The molecule has 1 N–H and O–H groups in total. The van der Waals surface area contributed by atoms with Gasteiger partial charge in [-0.2, -0.15) is 0 Å². The van der Waals surface area contributed by atoms with E-state index >= 15 is 0 Å². The van der Waals surface area contributed by atoms with Gasteiger partial charge in [-0.1, -0.05) is 6.92 Å². The summed E-state index contributed by atoms with van der Waals surface area (Å²) in [6, 6.07) is 0.625. The van der Waals surface area contributed by atoms with Crippen LogP contribution in [0.2, 0.25) is 0 Å². The van der Waals surface area contributed by atoms with Crippen LogP contribution in [-0.2, 0) is 0 Å². The molecule has 1 aliphatic heterocycles. The Morgan fingerprint density at radius 1 is 1.33 bits per heavy atom. The van der Waals surface area contributed by atoms with Crippen LogP contribution in [0.15, 0.2) is 12.4 Å². The van der Waals surface area contributed by atoms with Crippen molar-refractivity contribution in [2.24, 2.45) is 5.92 Å². The molecule has 100 valence electrons. The molecule has 0 amide bonds. The fraction of sp³-hybridized carbons (Fsp3) is 0.714. The SMILES string of the molecule is CCNC(C)C1CCN(c2nccnc2C)CC1. The summed E-state index contributed by atoms with van der Waals surface area (Å²) < 4.78 is 0. The van der Waals surface area contributed by atoms with Crippen molar-refractivity contribution in [1.82, 2.24) is 15.3 Å². The Morgan fingerprint density at radius 3 is 2.61 bits per heavy atom. The van der Waals surface area contributed by atoms with Crippen molar-refractivity contribution in [1.29, 1.82) is 0 Å². The maximum absolute atomic E-state index is 4.46. The molecule has 0 bridgehead atoms. The first-order valence-corrected chi connectivity index (χ1v) is 6.98. The second-order valence-electron chi connectivity index (χ2n) is 5.14. The number of anilines is 1. The van der Waals surface area contributed by atoms with Gasteiger partial charge in [0.15, 0.2) is 0 Å². The molecule has 2 heterocycles. The van der Waals surface area contributed by atoms with Gasteiger partial charge in [0.2, 0.25) is 0 Å². The zero-order valence-electron chi connectivity index (χ0n) is 11.7. The molecule has 1 atom stereocenters. The molecule has 1 unspecified atom stereocenters. The highest BCUT2D eigenvalue weighted by atomic mass is 15.2. The van der Waals surface area contributed by atoms with Gasteiger partial charge in [0.25, 0.3) is 0 Å². The summed E-state index contributed by atoms with van der Waals surface area (Å²) in [5.74, 6) is 1.85. The first-order chi connectivity index (χ1) is 8.72. The molecular weight excluding hydrogens is 224 g/mol. The second kappa shape index (κ2) is 6.14. The lowest BCUT2D eigenvalue weighted by Crippen LogP contribution is -2.42. The van der Waals surface area contributed by atoms with E-state index in [1.807, 2.05) is 6.92 Å². The number of nitrogens with zero attached hydrogens (tertiary/aromatic N) is 3. The molecule has 18 heavy (non-hydrogen) atoms. The summed E-state index contributed by atoms with van der Waals surface area (Å²) >= 11 is 0. The molecule has 0 spiro atoms. The molecular formula is C14H24N4. The lowest BCUT2D eigenvalue weighted by Gasteiger charge is -2.36. The van der Waals surface area contributed by atoms with Gasteiger partial charge in [-0.15, -0.1) is 0 Å². The average molecular weight is 248 g/mol. The van der Waals surface area contributed by atoms with Crippen LogP contribution in [0.25, 0.3) is 0 Å². The lowest BCUT2D eigenvalue weighted by molar-refractivity contribution is 0.314. The van der Waals surface area contributed by atoms with Crippen molar-refractivity contribution in [3.63, 3.8) is 0 Å². The number of aromatic nitrogens is 2. The summed E-state index contributed by atoms with van der Waals surface area (Å²) in [4.78, 5) is 11.1. The molecule has 1 fully saturated rings. The standard InChI is InChI=1S/C14H24N4/c1-4-15-11(2)13-5-9-18(10-6-13)14-12(3)16-7-8-17-14/h7-8,11,13,15H,4-6,9-10H2,1-3H3. The summed E-state index contributed by atoms with van der Waals surface area (Å²) in [5, 5.41) is 3.53. The maximum atomic E-state index is 4.46. The number of hydrogen-bond acceptors (Lipinski definition) is 4. The van der Waals surface area contributed by atoms with Gasteiger partial charge >= 0.3 is 0 Å². The highest BCUT2D eigenvalue weighted by Gasteiger charge is 2.24. The van der Waals surface area contributed by atoms with Crippen LogP contribution >= 0.6 is 0 Å². The Morgan fingerprint density at radius 2 is 2.00 bits per heavy atom. The Balaban J connectivity index is 1.93. The average Bonchev–Trinajstić information content (AvgIpc) is 2.40. The third kappa shape index (κ3) is 2.99. The van der Waals surface area contributed by atoms with E-state index in [2.05, 4.69) is 34.0 Å². The first kappa shape index (κ1) is 13.3. The Kier molecular flexibility index (Phi) is 4.53. The molecule has 1 aliphatic rings. The normalized spacial score (nSPS) is 18.9. The van der Waals surface area contributed by atoms with Crippen LogP contribution in [0.3, 0.4) is 0 Å². The van der Waals surface area contributed by atoms with Gasteiger partial charge in [-0.25, -0.2) is 4.98 Å². The molecule has 0 saturated carbocycles. The molecule has 4 heteroatoms. The van der Waals surface area contributed by atoms with Gasteiger partial charge in [0.1, 0.15) is 5.82 Å². The van der Waals surface area contributed by atoms with E-state index in [-0.39, 0.29) is 0 Å². The number of piperidine rings is 1. The van der Waals surface area contributed by atoms with Crippen LogP contribution in [0.1, 0.15) is 32.4 Å². The molecule has 1 aromatic rings. The summed E-state index contributed by atoms with van der Waals surface area (Å²) in [7, 11) is 0. The summed E-state index contributed by atoms with van der Waals surface area (Å²) in [6.07, 6.45) is 6.03. The Hall–Kier alpha value is -1.16. The van der Waals surface area contributed by atoms with Crippen LogP contribution in [0.5, 0.6) is 0 Å². The number of nitrogens with one attached hydrogen (secondary N) is 1. The molecule has 2 rings (SSSR count). The van der Waals surface area contributed by atoms with Crippen LogP contribution in [0.4, 0.5) is 5.82 Å². The largest absolute Gasteiger partial charge is 0.355 e. The third-order valence-electron chi connectivity index (χ3n) is 3.93. The number of hydrogen-bond donors (Lipinski definition) is 1. The minimum absolute atomic E-state index is 0.625. The molecule has 4 nitrogen and oxygen atoms in total. The predicted molar refractivity (Wildman–Crippen MR) is 74.8 cm³/mol. The van der Waals surface area contributed by atoms with E-state index in [1.54, 1.807) is 12.4 Å². The Labute approximate surface area is 110 Å². The maximum Gasteiger partial charge on any atom is 0.150 e. The van der Waals surface area contributed by atoms with Crippen molar-refractivity contribution in [2.45, 2.75) is 39.7 Å². The van der Waals surface area contributed by atoms with Crippen LogP contribution in [-0.4, -0.2) is 35.6 Å². The lowest BCUT2D eigenvalue weighted by atomic mass is 9.90. The fourth-order valence-electron chi connectivity index (χ4n) is 2.81. The van der Waals surface area contributed by atoms with Crippen LogP contribution in [0, 0.1) is 12.8 Å². The zero-order chi connectivity index (χ0) is 13.0. The van der Waals surface area contributed by atoms with E-state index in [0.29, 0.717) is 6.04 Å². The third-order valence-corrected chi connectivity index (χ3v) is 3.93. The van der Waals surface area contributed by atoms with E-state index in [1.165, 1.54) is 12.8 Å². The second-order valence-corrected chi connectivity index (χ2v) is 5.14. The first-order valence-electron chi connectivity index (χ1n) is 6.98. The monoisotopic (exact) mass is 248 g/mol. The molecule has 0 radical (unpaired) electrons. The van der Waals surface area contributed by atoms with Crippen molar-refractivity contribution >= 4 is 5.82 Å². The minimum atomic E-state index is 0.625. The molecule has 0 aliphatic carbocycles. The zero-order valence-corrected chi connectivity index (χ0v) is 11.7. The Bertz CT molecular complexity index is 372. The van der Waals surface area contributed by atoms with Gasteiger partial charge in [-0.05, 0) is 39.2 Å². The van der Waals surface area contributed by atoms with Crippen LogP contribution < -0.4 is 10.2 Å². The van der Waals surface area contributed by atoms with Gasteiger partial charge in [0, 0.05) is 31.5 Å². The fourth-order valence-corrected chi connectivity index (χ4v) is 2.81. The highest BCUT2D eigenvalue weighted by Crippen LogP contribution is 2.25. The van der Waals surface area contributed by atoms with Crippen molar-refractivity contribution < 1.29 is 0 Å². The summed E-state index contributed by atoms with van der Waals surface area (Å²) in [5.41, 5.74) is 1.04. The number of rotatable bonds is 4. The predicted octanol–water partition coefficient (Wildman–Crippen LogP) is 2.00. The summed E-state index contributed by atoms with van der Waals surface area (Å²) in [6.45, 7) is 9.77. The van der Waals surface area contributed by atoms with E-state index < -0.39 is 0 Å². The topological polar surface area (TPSA) is 41.0 Å². The smallest absolute Gasteiger partial charge is 0.150 e. The molecule has 0 aromatic carbocycles. The van der Waals surface area contributed by atoms with Crippen molar-refractivity contribution in [3.8, 4) is 0 Å². The minimum Gasteiger partial charge on any atom is -0.355 e. The van der Waals surface area contributed by atoms with E-state index in [9.17, 15) is 0 Å². The van der Waals surface area contributed by atoms with Crippen molar-refractivity contribution in [3.05, 3.63) is 18.1 Å². The van der Waals surface area contributed by atoms with E-state index in [0.717, 1.165) is 37.1 Å². The quantitative estimate of drug-likeness (QED) is 0.885. The van der Waals surface area contributed by atoms with Gasteiger partial charge in [-0.3, -0.25) is 4.98 Å². The molecule has 1 aromatic heterocycles. The van der Waals surface area contributed by atoms with Gasteiger partial charge < -0.3 is 10.2 Å². The highest BCUT2D eigenvalue weighted by molar-refractivity contribution is 5.42. The number of aryl methyl sites for hydroxylation is 1. The van der Waals surface area contributed by atoms with Crippen molar-refractivity contribution in [2.75, 3.05) is 24.5 Å². The molecule has 1 saturated heterocycles. The van der Waals surface area contributed by atoms with Gasteiger partial charge in [0.05, 0.1) is 5.69 Å². The van der Waals surface area contributed by atoms with E-state index in [4.69, 9.17) is 0 Å².